The zero-order valence-corrected chi connectivity index (χ0v) is 9.15. The molecule has 3 N–H and O–H groups in total. The van der Waals surface area contributed by atoms with E-state index >= 15 is 0 Å². The minimum atomic E-state index is -0.695. The molecule has 88 valence electrons. The van der Waals surface area contributed by atoms with Crippen LogP contribution < -0.4 is 5.90 Å². The van der Waals surface area contributed by atoms with E-state index in [-0.39, 0.29) is 0 Å². The number of carboxylic acids is 1. The zero-order valence-electron chi connectivity index (χ0n) is 9.15. The predicted octanol–water partition coefficient (Wildman–Crippen LogP) is 2.25. The maximum Gasteiger partial charge on any atom is 0.303 e. The van der Waals surface area contributed by atoms with E-state index < -0.39 is 5.97 Å². The molecule has 4 nitrogen and oxygen atoms in total. The molecule has 0 saturated carbocycles. The highest BCUT2D eigenvalue weighted by atomic mass is 16.6. The van der Waals surface area contributed by atoms with Gasteiger partial charge in [-0.25, -0.2) is 5.90 Å². The summed E-state index contributed by atoms with van der Waals surface area (Å²) in [7, 11) is 0. The Labute approximate surface area is 91.1 Å². The van der Waals surface area contributed by atoms with Crippen molar-refractivity contribution < 1.29 is 14.7 Å². The van der Waals surface area contributed by atoms with Crippen molar-refractivity contribution in [3.05, 3.63) is 12.2 Å². The summed E-state index contributed by atoms with van der Waals surface area (Å²) in [6.45, 7) is 0.471. The lowest BCUT2D eigenvalue weighted by Crippen LogP contribution is -1.96. The van der Waals surface area contributed by atoms with E-state index in [1.807, 2.05) is 6.08 Å². The number of aliphatic carboxylic acids is 1. The Bertz CT molecular complexity index is 181. The van der Waals surface area contributed by atoms with Crippen LogP contribution in [0.5, 0.6) is 0 Å². The number of unbranched alkanes of at least 4 members (excludes halogenated alkanes) is 5. The average Bonchev–Trinajstić information content (AvgIpc) is 2.20. The Morgan fingerprint density at radius 2 is 1.80 bits per heavy atom. The molecule has 0 radical (unpaired) electrons. The summed E-state index contributed by atoms with van der Waals surface area (Å²) in [5.41, 5.74) is 0. The number of hydrogen-bond donors (Lipinski definition) is 2. The molecule has 0 aliphatic heterocycles. The van der Waals surface area contributed by atoms with Crippen molar-refractivity contribution in [1.29, 1.82) is 0 Å². The van der Waals surface area contributed by atoms with Gasteiger partial charge >= 0.3 is 5.97 Å². The van der Waals surface area contributed by atoms with E-state index in [2.05, 4.69) is 10.9 Å². The van der Waals surface area contributed by atoms with Crippen LogP contribution in [0.25, 0.3) is 0 Å². The fourth-order valence-electron chi connectivity index (χ4n) is 1.31. The number of hydrogen-bond acceptors (Lipinski definition) is 3. The molecule has 0 amide bonds. The topological polar surface area (TPSA) is 72.5 Å². The fourth-order valence-corrected chi connectivity index (χ4v) is 1.31. The number of allylic oxidation sites excluding steroid dienone is 1. The van der Waals surface area contributed by atoms with Gasteiger partial charge < -0.3 is 9.94 Å². The lowest BCUT2D eigenvalue weighted by molar-refractivity contribution is -0.137. The molecule has 15 heavy (non-hydrogen) atoms. The highest BCUT2D eigenvalue weighted by Crippen LogP contribution is 2.07. The van der Waals surface area contributed by atoms with Crippen molar-refractivity contribution >= 4 is 5.97 Å². The molecule has 4 heteroatoms. The predicted molar refractivity (Wildman–Crippen MR) is 59.2 cm³/mol. The van der Waals surface area contributed by atoms with Gasteiger partial charge in [0.2, 0.25) is 0 Å². The van der Waals surface area contributed by atoms with Crippen LogP contribution in [0, 0.1) is 0 Å². The van der Waals surface area contributed by atoms with Crippen LogP contribution in [0.2, 0.25) is 0 Å². The first-order valence-corrected chi connectivity index (χ1v) is 5.46. The summed E-state index contributed by atoms with van der Waals surface area (Å²) in [5, 5.41) is 8.41. The van der Waals surface area contributed by atoms with E-state index in [4.69, 9.17) is 11.0 Å². The van der Waals surface area contributed by atoms with Crippen molar-refractivity contribution in [3.63, 3.8) is 0 Å². The van der Waals surface area contributed by atoms with Gasteiger partial charge in [0.15, 0.2) is 0 Å². The van der Waals surface area contributed by atoms with Crippen molar-refractivity contribution in [2.45, 2.75) is 44.9 Å². The van der Waals surface area contributed by atoms with Gasteiger partial charge in [0, 0.05) is 6.42 Å². The molecule has 0 aliphatic rings. The smallest absolute Gasteiger partial charge is 0.303 e. The van der Waals surface area contributed by atoms with Gasteiger partial charge in [0.25, 0.3) is 0 Å². The maximum atomic E-state index is 10.2. The average molecular weight is 215 g/mol. The fraction of sp³-hybridized carbons (Fsp3) is 0.727. The third-order valence-corrected chi connectivity index (χ3v) is 2.12. The van der Waals surface area contributed by atoms with Crippen LogP contribution in [-0.4, -0.2) is 17.7 Å². The third kappa shape index (κ3) is 13.1. The summed E-state index contributed by atoms with van der Waals surface area (Å²) in [4.78, 5) is 14.6. The molecule has 0 aromatic rings. The van der Waals surface area contributed by atoms with Crippen LogP contribution in [0.1, 0.15) is 44.9 Å². The molecular weight excluding hydrogens is 194 g/mol. The second-order valence-corrected chi connectivity index (χ2v) is 3.50. The van der Waals surface area contributed by atoms with Gasteiger partial charge in [0.1, 0.15) is 0 Å². The molecule has 0 spiro atoms. The Morgan fingerprint density at radius 1 is 1.13 bits per heavy atom. The first-order chi connectivity index (χ1) is 7.27. The first-order valence-electron chi connectivity index (χ1n) is 5.46. The number of carboxylic acid groups (broad SMARTS) is 1. The number of rotatable bonds is 10. The van der Waals surface area contributed by atoms with Gasteiger partial charge in [0.05, 0.1) is 6.61 Å². The second-order valence-electron chi connectivity index (χ2n) is 3.50. The molecule has 0 bridgehead atoms. The van der Waals surface area contributed by atoms with Crippen LogP contribution in [-0.2, 0) is 9.63 Å². The van der Waals surface area contributed by atoms with Crippen molar-refractivity contribution in [3.8, 4) is 0 Å². The SMILES string of the molecule is NOC/C=C/CCCCCCCC(=O)O. The molecule has 0 heterocycles. The Kier molecular flexibility index (Phi) is 10.6. The normalized spacial score (nSPS) is 11.0. The summed E-state index contributed by atoms with van der Waals surface area (Å²) in [5.74, 6) is 4.15. The number of nitrogens with two attached hydrogens (primary N) is 1. The van der Waals surface area contributed by atoms with Crippen molar-refractivity contribution in [2.24, 2.45) is 5.90 Å². The lowest BCUT2D eigenvalue weighted by atomic mass is 10.1. The minimum absolute atomic E-state index is 0.299. The van der Waals surface area contributed by atoms with E-state index in [1.165, 1.54) is 0 Å². The van der Waals surface area contributed by atoms with Crippen LogP contribution in [0.15, 0.2) is 12.2 Å². The van der Waals surface area contributed by atoms with Crippen molar-refractivity contribution in [1.82, 2.24) is 0 Å². The largest absolute Gasteiger partial charge is 0.481 e. The molecule has 0 unspecified atom stereocenters. The summed E-state index contributed by atoms with van der Waals surface area (Å²) in [6.07, 6.45) is 10.6. The maximum absolute atomic E-state index is 10.2. The molecule has 0 aromatic carbocycles. The van der Waals surface area contributed by atoms with E-state index in [0.29, 0.717) is 13.0 Å². The van der Waals surface area contributed by atoms with Gasteiger partial charge in [-0.2, -0.15) is 0 Å². The molecule has 0 aliphatic carbocycles. The lowest BCUT2D eigenvalue weighted by Gasteiger charge is -1.98. The molecular formula is C11H21NO3. The summed E-state index contributed by atoms with van der Waals surface area (Å²) < 4.78 is 0. The number of carbonyl (C=O) groups is 1. The van der Waals surface area contributed by atoms with E-state index in [0.717, 1.165) is 38.5 Å². The summed E-state index contributed by atoms with van der Waals surface area (Å²) >= 11 is 0. The van der Waals surface area contributed by atoms with Gasteiger partial charge in [-0.1, -0.05) is 31.4 Å². The first kappa shape index (κ1) is 14.1. The van der Waals surface area contributed by atoms with Crippen molar-refractivity contribution in [2.75, 3.05) is 6.61 Å². The zero-order chi connectivity index (χ0) is 11.4. The second kappa shape index (κ2) is 11.2. The highest BCUT2D eigenvalue weighted by molar-refractivity contribution is 5.66. The molecule has 0 aromatic heterocycles. The standard InChI is InChI=1S/C11H21NO3/c12-15-10-8-6-4-2-1-3-5-7-9-11(13)14/h6,8H,1-5,7,9-10,12H2,(H,13,14)/b8-6+. The quantitative estimate of drug-likeness (QED) is 0.333. The Morgan fingerprint density at radius 3 is 2.47 bits per heavy atom. The minimum Gasteiger partial charge on any atom is -0.481 e. The van der Waals surface area contributed by atoms with Crippen LogP contribution in [0.4, 0.5) is 0 Å². The van der Waals surface area contributed by atoms with E-state index in [1.54, 1.807) is 0 Å². The van der Waals surface area contributed by atoms with Crippen LogP contribution >= 0.6 is 0 Å². The molecule has 0 rings (SSSR count). The molecule has 0 atom stereocenters. The highest BCUT2D eigenvalue weighted by Gasteiger charge is 1.95. The Hall–Kier alpha value is -0.870. The Balaban J connectivity index is 3.01. The van der Waals surface area contributed by atoms with Gasteiger partial charge in [-0.3, -0.25) is 4.79 Å². The monoisotopic (exact) mass is 215 g/mol. The molecule has 0 fully saturated rings. The molecule has 0 saturated heterocycles. The van der Waals surface area contributed by atoms with Crippen LogP contribution in [0.3, 0.4) is 0 Å². The van der Waals surface area contributed by atoms with E-state index in [9.17, 15) is 4.79 Å². The van der Waals surface area contributed by atoms with Gasteiger partial charge in [-0.15, -0.1) is 0 Å². The summed E-state index contributed by atoms with van der Waals surface area (Å²) in [6, 6.07) is 0. The van der Waals surface area contributed by atoms with Gasteiger partial charge in [-0.05, 0) is 19.3 Å². The third-order valence-electron chi connectivity index (χ3n) is 2.12.